The number of anilines is 3. The third kappa shape index (κ3) is 4.79. The molecule has 0 amide bonds. The minimum Gasteiger partial charge on any atom is -0.310 e. The zero-order valence-electron chi connectivity index (χ0n) is 27.3. The first kappa shape index (κ1) is 29.5. The van der Waals surface area contributed by atoms with Gasteiger partial charge in [0.1, 0.15) is 0 Å². The van der Waals surface area contributed by atoms with Crippen LogP contribution in [0.25, 0.3) is 28.0 Å². The van der Waals surface area contributed by atoms with Crippen molar-refractivity contribution in [2.45, 2.75) is 19.3 Å². The van der Waals surface area contributed by atoms with Crippen LogP contribution in [0.4, 0.5) is 17.1 Å². The summed E-state index contributed by atoms with van der Waals surface area (Å²) in [6.07, 6.45) is 6.64. The molecule has 0 heterocycles. The lowest BCUT2D eigenvalue weighted by Gasteiger charge is -2.35. The quantitative estimate of drug-likeness (QED) is 0.161. The Labute approximate surface area is 283 Å². The third-order valence-corrected chi connectivity index (χ3v) is 9.67. The highest BCUT2D eigenvalue weighted by Crippen LogP contribution is 2.59. The summed E-state index contributed by atoms with van der Waals surface area (Å²) in [5.41, 5.74) is 13.0. The van der Waals surface area contributed by atoms with Crippen LogP contribution in [-0.4, -0.2) is 0 Å². The standard InChI is InChI=1S/C47H37N/c1-3-18-34(2)31-35-32-45-46(42-28-17-16-27-41(35)42)43-30-29-40(48(38-23-12-6-13-24-38)39-25-14-7-15-26-39)33-44(43)47(45,36-19-8-4-9-20-36)37-21-10-5-11-22-37/h3-33H,1-2H3/b18-3-,34-31-. The van der Waals surface area contributed by atoms with Crippen LogP contribution in [0.3, 0.4) is 0 Å². The van der Waals surface area contributed by atoms with Gasteiger partial charge in [0.05, 0.1) is 5.41 Å². The largest absolute Gasteiger partial charge is 0.310 e. The molecule has 0 spiro atoms. The molecule has 230 valence electrons. The first-order chi connectivity index (χ1) is 23.7. The Hall–Kier alpha value is -5.92. The number of rotatable bonds is 7. The van der Waals surface area contributed by atoms with Gasteiger partial charge in [-0.3, -0.25) is 0 Å². The van der Waals surface area contributed by atoms with Gasteiger partial charge in [0.25, 0.3) is 0 Å². The fourth-order valence-electron chi connectivity index (χ4n) is 7.78. The molecular formula is C47H37N. The van der Waals surface area contributed by atoms with Crippen LogP contribution < -0.4 is 4.90 Å². The summed E-state index contributed by atoms with van der Waals surface area (Å²) in [4.78, 5) is 2.37. The number of fused-ring (bicyclic) bond motifs is 5. The predicted octanol–water partition coefficient (Wildman–Crippen LogP) is 12.7. The van der Waals surface area contributed by atoms with Crippen molar-refractivity contribution in [1.82, 2.24) is 0 Å². The number of hydrogen-bond acceptors (Lipinski definition) is 1. The molecule has 0 aromatic heterocycles. The summed E-state index contributed by atoms with van der Waals surface area (Å²) in [6, 6.07) is 62.1. The molecule has 0 N–H and O–H groups in total. The maximum atomic E-state index is 2.47. The maximum absolute atomic E-state index is 2.47. The van der Waals surface area contributed by atoms with E-state index in [1.807, 2.05) is 0 Å². The molecule has 1 heteroatoms. The van der Waals surface area contributed by atoms with Gasteiger partial charge in [0, 0.05) is 17.1 Å². The van der Waals surface area contributed by atoms with Gasteiger partial charge in [-0.1, -0.05) is 151 Å². The van der Waals surface area contributed by atoms with Crippen LogP contribution in [0.2, 0.25) is 0 Å². The van der Waals surface area contributed by atoms with Crippen LogP contribution in [-0.2, 0) is 5.41 Å². The molecule has 7 aromatic carbocycles. The van der Waals surface area contributed by atoms with Gasteiger partial charge in [-0.2, -0.15) is 0 Å². The van der Waals surface area contributed by atoms with Crippen LogP contribution in [0.15, 0.2) is 188 Å². The van der Waals surface area contributed by atoms with Gasteiger partial charge < -0.3 is 4.90 Å². The summed E-state index contributed by atoms with van der Waals surface area (Å²) in [5.74, 6) is 0. The molecule has 8 rings (SSSR count). The van der Waals surface area contributed by atoms with E-state index >= 15 is 0 Å². The molecule has 0 fully saturated rings. The molecule has 0 saturated heterocycles. The highest BCUT2D eigenvalue weighted by atomic mass is 15.1. The SMILES string of the molecule is C/C=C\C(C)=C/c1cc2c(c3ccccc13)-c1ccc(N(c3ccccc3)c3ccccc3)cc1C2(c1ccccc1)c1ccccc1. The molecule has 48 heavy (non-hydrogen) atoms. The van der Waals surface area contributed by atoms with Gasteiger partial charge in [0.2, 0.25) is 0 Å². The second-order valence-electron chi connectivity index (χ2n) is 12.5. The minimum atomic E-state index is -0.538. The lowest BCUT2D eigenvalue weighted by Crippen LogP contribution is -2.29. The predicted molar refractivity (Wildman–Crippen MR) is 204 cm³/mol. The molecule has 0 aliphatic heterocycles. The van der Waals surface area contributed by atoms with Crippen molar-refractivity contribution in [3.05, 3.63) is 215 Å². The fraction of sp³-hybridized carbons (Fsp3) is 0.0638. The van der Waals surface area contributed by atoms with Crippen molar-refractivity contribution >= 4 is 33.9 Å². The number of benzene rings is 7. The molecule has 1 aliphatic rings. The minimum absolute atomic E-state index is 0.538. The Morgan fingerprint density at radius 3 is 1.60 bits per heavy atom. The lowest BCUT2D eigenvalue weighted by atomic mass is 9.67. The summed E-state index contributed by atoms with van der Waals surface area (Å²) in [5, 5.41) is 2.54. The smallest absolute Gasteiger partial charge is 0.0714 e. The van der Waals surface area contributed by atoms with E-state index in [-0.39, 0.29) is 0 Å². The van der Waals surface area contributed by atoms with Crippen molar-refractivity contribution in [3.63, 3.8) is 0 Å². The second-order valence-corrected chi connectivity index (χ2v) is 12.5. The average molecular weight is 616 g/mol. The van der Waals surface area contributed by atoms with Gasteiger partial charge in [-0.25, -0.2) is 0 Å². The van der Waals surface area contributed by atoms with E-state index in [1.165, 1.54) is 55.3 Å². The Morgan fingerprint density at radius 1 is 0.521 bits per heavy atom. The van der Waals surface area contributed by atoms with E-state index < -0.39 is 5.41 Å². The zero-order valence-corrected chi connectivity index (χ0v) is 27.3. The van der Waals surface area contributed by atoms with Crippen molar-refractivity contribution in [3.8, 4) is 11.1 Å². The number of hydrogen-bond donors (Lipinski definition) is 0. The Kier molecular flexibility index (Phi) is 7.59. The highest BCUT2D eigenvalue weighted by molar-refractivity contribution is 6.07. The molecule has 0 bridgehead atoms. The van der Waals surface area contributed by atoms with Crippen molar-refractivity contribution in [2.75, 3.05) is 4.90 Å². The van der Waals surface area contributed by atoms with Gasteiger partial charge in [0.15, 0.2) is 0 Å². The maximum Gasteiger partial charge on any atom is 0.0714 e. The molecule has 0 atom stereocenters. The van der Waals surface area contributed by atoms with Crippen LogP contribution >= 0.6 is 0 Å². The first-order valence-electron chi connectivity index (χ1n) is 16.7. The van der Waals surface area contributed by atoms with Crippen molar-refractivity contribution in [1.29, 1.82) is 0 Å². The number of allylic oxidation sites excluding steroid dienone is 3. The van der Waals surface area contributed by atoms with E-state index in [0.29, 0.717) is 0 Å². The van der Waals surface area contributed by atoms with E-state index in [0.717, 1.165) is 17.1 Å². The molecule has 1 aliphatic carbocycles. The normalized spacial score (nSPS) is 13.4. The van der Waals surface area contributed by atoms with Gasteiger partial charge in [-0.05, 0) is 106 Å². The van der Waals surface area contributed by atoms with Crippen LogP contribution in [0.5, 0.6) is 0 Å². The summed E-state index contributed by atoms with van der Waals surface area (Å²) >= 11 is 0. The summed E-state index contributed by atoms with van der Waals surface area (Å²) in [7, 11) is 0. The Bertz CT molecular complexity index is 2200. The lowest BCUT2D eigenvalue weighted by molar-refractivity contribution is 0.769. The Morgan fingerprint density at radius 2 is 1.04 bits per heavy atom. The fourth-order valence-corrected chi connectivity index (χ4v) is 7.78. The van der Waals surface area contributed by atoms with Crippen molar-refractivity contribution < 1.29 is 0 Å². The molecule has 0 unspecified atom stereocenters. The average Bonchev–Trinajstić information content (AvgIpc) is 3.44. The molecule has 7 aromatic rings. The van der Waals surface area contributed by atoms with E-state index in [1.54, 1.807) is 0 Å². The monoisotopic (exact) mass is 615 g/mol. The van der Waals surface area contributed by atoms with Crippen LogP contribution in [0.1, 0.15) is 41.7 Å². The summed E-state index contributed by atoms with van der Waals surface area (Å²) in [6.45, 7) is 4.27. The highest BCUT2D eigenvalue weighted by Gasteiger charge is 2.47. The third-order valence-electron chi connectivity index (χ3n) is 9.67. The van der Waals surface area contributed by atoms with Gasteiger partial charge >= 0.3 is 0 Å². The van der Waals surface area contributed by atoms with E-state index in [2.05, 4.69) is 207 Å². The molecule has 1 nitrogen and oxygen atoms in total. The van der Waals surface area contributed by atoms with Crippen molar-refractivity contribution in [2.24, 2.45) is 0 Å². The van der Waals surface area contributed by atoms with E-state index in [4.69, 9.17) is 0 Å². The van der Waals surface area contributed by atoms with E-state index in [9.17, 15) is 0 Å². The zero-order chi connectivity index (χ0) is 32.5. The molecular weight excluding hydrogens is 579 g/mol. The topological polar surface area (TPSA) is 3.24 Å². The van der Waals surface area contributed by atoms with Crippen LogP contribution in [0, 0.1) is 0 Å². The first-order valence-corrected chi connectivity index (χ1v) is 16.7. The number of nitrogens with zero attached hydrogens (tertiary/aromatic N) is 1. The second kappa shape index (κ2) is 12.4. The molecule has 0 radical (unpaired) electrons. The van der Waals surface area contributed by atoms with Gasteiger partial charge in [-0.15, -0.1) is 0 Å². The summed E-state index contributed by atoms with van der Waals surface area (Å²) < 4.78 is 0. The molecule has 0 saturated carbocycles. The number of para-hydroxylation sites is 2. The Balaban J connectivity index is 1.51.